The molecule has 3 aromatic carbocycles. The van der Waals surface area contributed by atoms with Gasteiger partial charge < -0.3 is 29.3 Å². The maximum absolute atomic E-state index is 16.7. The summed E-state index contributed by atoms with van der Waals surface area (Å²) in [5.41, 5.74) is 0.0910. The van der Waals surface area contributed by atoms with Gasteiger partial charge in [-0.05, 0) is 81.7 Å². The van der Waals surface area contributed by atoms with Gasteiger partial charge in [0.1, 0.15) is 29.3 Å². The number of ether oxygens (including phenoxy) is 2. The van der Waals surface area contributed by atoms with Crippen LogP contribution in [-0.2, 0) is 4.74 Å². The Morgan fingerprint density at radius 1 is 1.07 bits per heavy atom. The minimum Gasteiger partial charge on any atom is -0.508 e. The molecular weight excluding hydrogens is 585 g/mol. The van der Waals surface area contributed by atoms with Crippen molar-refractivity contribution >= 4 is 45.2 Å². The van der Waals surface area contributed by atoms with Gasteiger partial charge in [0.25, 0.3) is 0 Å². The number of likely N-dealkylation sites (tertiary alicyclic amines) is 1. The van der Waals surface area contributed by atoms with Crippen molar-refractivity contribution in [3.8, 4) is 22.9 Å². The van der Waals surface area contributed by atoms with Gasteiger partial charge in [0.15, 0.2) is 5.82 Å². The van der Waals surface area contributed by atoms with Crippen molar-refractivity contribution < 1.29 is 23.8 Å². The summed E-state index contributed by atoms with van der Waals surface area (Å²) < 4.78 is 28.4. The fraction of sp³-hybridized carbons (Fsp3) is 0.424. The van der Waals surface area contributed by atoms with Crippen LogP contribution in [0.5, 0.6) is 11.8 Å². The van der Waals surface area contributed by atoms with E-state index in [4.69, 9.17) is 26.1 Å². The number of amides is 1. The van der Waals surface area contributed by atoms with Crippen LogP contribution in [0, 0.1) is 5.82 Å². The molecule has 1 aromatic heterocycles. The van der Waals surface area contributed by atoms with Crippen molar-refractivity contribution in [1.29, 1.82) is 0 Å². The zero-order valence-corrected chi connectivity index (χ0v) is 26.2. The van der Waals surface area contributed by atoms with Gasteiger partial charge in [-0.2, -0.15) is 9.97 Å². The quantitative estimate of drug-likeness (QED) is 0.271. The molecule has 2 aliphatic rings. The molecule has 6 rings (SSSR count). The smallest absolute Gasteiger partial charge is 0.410 e. The summed E-state index contributed by atoms with van der Waals surface area (Å²) >= 11 is 6.83. The molecule has 11 heteroatoms. The maximum atomic E-state index is 16.7. The third-order valence-corrected chi connectivity index (χ3v) is 8.56. The number of aromatic nitrogens is 2. The molecule has 9 nitrogen and oxygen atoms in total. The number of phenols is 1. The molecule has 4 aromatic rings. The van der Waals surface area contributed by atoms with E-state index < -0.39 is 11.4 Å². The van der Waals surface area contributed by atoms with E-state index in [-0.39, 0.29) is 40.0 Å². The van der Waals surface area contributed by atoms with Crippen LogP contribution in [-0.4, -0.2) is 89.0 Å². The van der Waals surface area contributed by atoms with Crippen molar-refractivity contribution in [1.82, 2.24) is 19.8 Å². The predicted molar refractivity (Wildman–Crippen MR) is 170 cm³/mol. The lowest BCUT2D eigenvalue weighted by atomic mass is 9.96. The molecule has 232 valence electrons. The van der Waals surface area contributed by atoms with E-state index in [1.165, 1.54) is 6.07 Å². The largest absolute Gasteiger partial charge is 0.508 e. The predicted octanol–water partition coefficient (Wildman–Crippen LogP) is 6.48. The van der Waals surface area contributed by atoms with Crippen molar-refractivity contribution in [2.45, 2.75) is 45.3 Å². The molecule has 0 bridgehead atoms. The number of aromatic hydroxyl groups is 1. The number of fused-ring (bicyclic) bond motifs is 2. The molecule has 3 heterocycles. The molecule has 0 radical (unpaired) electrons. The van der Waals surface area contributed by atoms with E-state index in [0.717, 1.165) is 30.2 Å². The molecule has 44 heavy (non-hydrogen) atoms. The van der Waals surface area contributed by atoms with Gasteiger partial charge in [0, 0.05) is 43.2 Å². The Morgan fingerprint density at radius 3 is 2.52 bits per heavy atom. The summed E-state index contributed by atoms with van der Waals surface area (Å²) in [7, 11) is 2.06. The van der Waals surface area contributed by atoms with E-state index in [9.17, 15) is 9.90 Å². The Morgan fingerprint density at radius 2 is 1.82 bits per heavy atom. The average Bonchev–Trinajstić information content (AvgIpc) is 3.39. The molecule has 1 N–H and O–H groups in total. The zero-order chi connectivity index (χ0) is 31.2. The summed E-state index contributed by atoms with van der Waals surface area (Å²) in [4.78, 5) is 27.9. The second kappa shape index (κ2) is 11.9. The maximum Gasteiger partial charge on any atom is 0.410 e. The highest BCUT2D eigenvalue weighted by Gasteiger charge is 2.30. The van der Waals surface area contributed by atoms with Gasteiger partial charge in [-0.3, -0.25) is 0 Å². The second-order valence-corrected chi connectivity index (χ2v) is 12.9. The van der Waals surface area contributed by atoms with Crippen LogP contribution in [0.25, 0.3) is 32.8 Å². The first-order chi connectivity index (χ1) is 21.0. The van der Waals surface area contributed by atoms with Gasteiger partial charge in [-0.1, -0.05) is 35.9 Å². The highest BCUT2D eigenvalue weighted by Crippen LogP contribution is 2.42. The second-order valence-electron chi connectivity index (χ2n) is 12.5. The number of halogens is 2. The Hall–Kier alpha value is -3.89. The molecule has 1 unspecified atom stereocenters. The summed E-state index contributed by atoms with van der Waals surface area (Å²) in [5, 5.41) is 12.6. The van der Waals surface area contributed by atoms with E-state index >= 15 is 4.39 Å². The number of carbonyl (C=O) groups excluding carboxylic acids is 1. The topological polar surface area (TPSA) is 91.3 Å². The van der Waals surface area contributed by atoms with E-state index in [0.29, 0.717) is 49.6 Å². The molecule has 2 saturated heterocycles. The molecule has 0 aliphatic carbocycles. The first-order valence-corrected chi connectivity index (χ1v) is 15.3. The summed E-state index contributed by atoms with van der Waals surface area (Å²) in [6.45, 7) is 8.62. The van der Waals surface area contributed by atoms with Crippen molar-refractivity contribution in [3.05, 3.63) is 53.3 Å². The number of rotatable bonds is 5. The molecule has 2 fully saturated rings. The number of benzene rings is 3. The highest BCUT2D eigenvalue weighted by molar-refractivity contribution is 6.35. The van der Waals surface area contributed by atoms with E-state index in [1.54, 1.807) is 17.0 Å². The number of anilines is 1. The minimum absolute atomic E-state index is 0.00482. The molecule has 0 saturated carbocycles. The lowest BCUT2D eigenvalue weighted by Crippen LogP contribution is -2.50. The van der Waals surface area contributed by atoms with Gasteiger partial charge in [0.2, 0.25) is 0 Å². The molecular formula is C33H37ClFN5O4. The van der Waals surface area contributed by atoms with E-state index in [1.807, 2.05) is 49.9 Å². The van der Waals surface area contributed by atoms with Gasteiger partial charge in [-0.15, -0.1) is 0 Å². The zero-order valence-electron chi connectivity index (χ0n) is 25.4. The number of hydrogen-bond donors (Lipinski definition) is 1. The molecule has 1 amide bonds. The molecule has 0 spiro atoms. The Balaban J connectivity index is 1.42. The number of hydrogen-bond acceptors (Lipinski definition) is 8. The van der Waals surface area contributed by atoms with Crippen LogP contribution < -0.4 is 9.64 Å². The van der Waals surface area contributed by atoms with Crippen LogP contribution in [0.15, 0.2) is 42.5 Å². The number of carbonyl (C=O) groups is 1. The van der Waals surface area contributed by atoms with Crippen LogP contribution in [0.3, 0.4) is 0 Å². The third-order valence-electron chi connectivity index (χ3n) is 8.27. The SMILES string of the molecule is CN1CCCC1COc1nc(N2CCN(C(=O)OC(C)(C)C)CC2)c2cc(Cl)c(-c3cc(O)cc4ccccc34)c(F)c2n1. The fourth-order valence-corrected chi connectivity index (χ4v) is 6.30. The normalized spacial score (nSPS) is 17.9. The number of likely N-dealkylation sites (N-methyl/N-ethyl adjacent to an activating group) is 1. The lowest BCUT2D eigenvalue weighted by molar-refractivity contribution is 0.0240. The average molecular weight is 622 g/mol. The number of piperazine rings is 1. The Bertz CT molecular complexity index is 1720. The van der Waals surface area contributed by atoms with Crippen LogP contribution >= 0.6 is 11.6 Å². The lowest BCUT2D eigenvalue weighted by Gasteiger charge is -2.36. The van der Waals surface area contributed by atoms with Gasteiger partial charge in [0.05, 0.1) is 5.02 Å². The monoisotopic (exact) mass is 621 g/mol. The van der Waals surface area contributed by atoms with Crippen molar-refractivity contribution in [2.75, 3.05) is 51.3 Å². The van der Waals surface area contributed by atoms with Crippen molar-refractivity contribution in [2.24, 2.45) is 0 Å². The Kier molecular flexibility index (Phi) is 8.15. The van der Waals surface area contributed by atoms with Gasteiger partial charge >= 0.3 is 12.1 Å². The van der Waals surface area contributed by atoms with Crippen molar-refractivity contribution in [3.63, 3.8) is 0 Å². The summed E-state index contributed by atoms with van der Waals surface area (Å²) in [6.07, 6.45) is 1.72. The minimum atomic E-state index is -0.623. The fourth-order valence-electron chi connectivity index (χ4n) is 6.00. The first kappa shape index (κ1) is 30.1. The first-order valence-electron chi connectivity index (χ1n) is 15.0. The van der Waals surface area contributed by atoms with E-state index in [2.05, 4.69) is 16.9 Å². The van der Waals surface area contributed by atoms with Crippen LogP contribution in [0.1, 0.15) is 33.6 Å². The highest BCUT2D eigenvalue weighted by atomic mass is 35.5. The summed E-state index contributed by atoms with van der Waals surface area (Å²) in [6, 6.07) is 12.6. The van der Waals surface area contributed by atoms with Crippen LogP contribution in [0.2, 0.25) is 5.02 Å². The molecule has 2 aliphatic heterocycles. The third kappa shape index (κ3) is 6.05. The standard InChI is InChI=1S/C33H37ClFN5O4/c1-33(2,3)44-32(42)40-14-12-39(13-15-40)30-25-18-26(34)27(24-17-22(41)16-20-8-5-6-10-23(20)24)28(35)29(25)36-31(37-30)43-19-21-9-7-11-38(21)4/h5-6,8,10,16-18,21,41H,7,9,11-15,19H2,1-4H3. The Labute approximate surface area is 261 Å². The van der Waals surface area contributed by atoms with Gasteiger partial charge in [-0.25, -0.2) is 9.18 Å². The number of nitrogens with zero attached hydrogens (tertiary/aromatic N) is 5. The van der Waals surface area contributed by atoms with Crippen LogP contribution in [0.4, 0.5) is 15.0 Å². The number of phenolic OH excluding ortho intramolecular Hbond substituents is 1. The summed E-state index contributed by atoms with van der Waals surface area (Å²) in [5.74, 6) is -0.130. The molecule has 1 atom stereocenters.